The third-order valence-corrected chi connectivity index (χ3v) is 4.06. The molecule has 3 N–H and O–H groups in total. The van der Waals surface area contributed by atoms with Gasteiger partial charge in [0.25, 0.3) is 5.91 Å². The van der Waals surface area contributed by atoms with Crippen LogP contribution in [0.25, 0.3) is 0 Å². The molecule has 0 aromatic heterocycles. The molecule has 1 amide bonds. The lowest BCUT2D eigenvalue weighted by Gasteiger charge is -2.47. The zero-order chi connectivity index (χ0) is 13.8. The number of carbonyl (C=O) groups is 1. The molecule has 0 unspecified atom stereocenters. The highest BCUT2D eigenvalue weighted by molar-refractivity contribution is 5.96. The number of likely N-dealkylation sites (tertiary alicyclic amines) is 1. The van der Waals surface area contributed by atoms with E-state index in [1.54, 1.807) is 6.92 Å². The smallest absolute Gasteiger partial charge is 0.257 e. The van der Waals surface area contributed by atoms with Crippen molar-refractivity contribution in [3.63, 3.8) is 0 Å². The van der Waals surface area contributed by atoms with Gasteiger partial charge in [0.1, 0.15) is 11.4 Å². The van der Waals surface area contributed by atoms with Gasteiger partial charge in [-0.1, -0.05) is 0 Å². The summed E-state index contributed by atoms with van der Waals surface area (Å²) in [5, 5.41) is 10.2. The third-order valence-electron chi connectivity index (χ3n) is 4.06. The molecule has 5 heteroatoms. The number of halogens is 1. The van der Waals surface area contributed by atoms with Crippen LogP contribution < -0.4 is 5.73 Å². The normalized spacial score (nSPS) is 21.1. The molecule has 2 aliphatic rings. The maximum Gasteiger partial charge on any atom is 0.257 e. The summed E-state index contributed by atoms with van der Waals surface area (Å²) in [6, 6.07) is 2.86. The molecule has 4 nitrogen and oxygen atoms in total. The zero-order valence-corrected chi connectivity index (χ0v) is 10.8. The number of amides is 1. The number of aliphatic hydroxyl groups is 1. The summed E-state index contributed by atoms with van der Waals surface area (Å²) in [7, 11) is 0. The first kappa shape index (κ1) is 12.4. The number of rotatable bonds is 2. The molecule has 1 aliphatic carbocycles. The van der Waals surface area contributed by atoms with Gasteiger partial charge in [-0.25, -0.2) is 4.39 Å². The van der Waals surface area contributed by atoms with Gasteiger partial charge in [0, 0.05) is 5.69 Å². The van der Waals surface area contributed by atoms with Crippen molar-refractivity contribution in [2.75, 3.05) is 18.8 Å². The second kappa shape index (κ2) is 3.93. The fraction of sp³-hybridized carbons (Fsp3) is 0.500. The maximum atomic E-state index is 14.0. The van der Waals surface area contributed by atoms with E-state index in [9.17, 15) is 14.3 Å². The first-order valence-electron chi connectivity index (χ1n) is 6.48. The Kier molecular flexibility index (Phi) is 2.57. The van der Waals surface area contributed by atoms with Crippen LogP contribution in [-0.4, -0.2) is 34.6 Å². The van der Waals surface area contributed by atoms with E-state index in [1.165, 1.54) is 17.0 Å². The molecule has 0 atom stereocenters. The molecule has 1 saturated heterocycles. The van der Waals surface area contributed by atoms with Crippen LogP contribution in [0.3, 0.4) is 0 Å². The van der Waals surface area contributed by atoms with Gasteiger partial charge in [-0.15, -0.1) is 0 Å². The Morgan fingerprint density at radius 3 is 2.68 bits per heavy atom. The van der Waals surface area contributed by atoms with Gasteiger partial charge in [-0.3, -0.25) is 4.79 Å². The molecular weight excluding hydrogens is 247 g/mol. The Morgan fingerprint density at radius 2 is 2.11 bits per heavy atom. The average molecular weight is 264 g/mol. The Bertz CT molecular complexity index is 549. The second-order valence-electron chi connectivity index (χ2n) is 5.74. The van der Waals surface area contributed by atoms with Crippen molar-refractivity contribution in [1.29, 1.82) is 0 Å². The first-order chi connectivity index (χ1) is 8.90. The molecular formula is C14H17FN2O2. The summed E-state index contributed by atoms with van der Waals surface area (Å²) in [6.07, 6.45) is 2.04. The number of hydrogen-bond donors (Lipinski definition) is 2. The second-order valence-corrected chi connectivity index (χ2v) is 5.74. The highest BCUT2D eigenvalue weighted by Crippen LogP contribution is 2.44. The number of anilines is 1. The predicted octanol–water partition coefficient (Wildman–Crippen LogP) is 1.31. The van der Waals surface area contributed by atoms with Gasteiger partial charge in [-0.2, -0.15) is 0 Å². The van der Waals surface area contributed by atoms with Crippen molar-refractivity contribution in [1.82, 2.24) is 4.90 Å². The number of nitrogen functional groups attached to an aromatic ring is 1. The van der Waals surface area contributed by atoms with Crippen LogP contribution in [0.5, 0.6) is 0 Å². The first-order valence-corrected chi connectivity index (χ1v) is 6.48. The lowest BCUT2D eigenvalue weighted by Crippen LogP contribution is -2.64. The van der Waals surface area contributed by atoms with E-state index in [0.717, 1.165) is 12.8 Å². The lowest BCUT2D eigenvalue weighted by atomic mass is 9.88. The summed E-state index contributed by atoms with van der Waals surface area (Å²) in [6.45, 7) is 2.17. The average Bonchev–Trinajstić information content (AvgIpc) is 3.13. The van der Waals surface area contributed by atoms with Crippen LogP contribution in [-0.2, 0) is 0 Å². The molecule has 1 saturated carbocycles. The van der Waals surface area contributed by atoms with E-state index in [2.05, 4.69) is 0 Å². The van der Waals surface area contributed by atoms with Crippen LogP contribution in [0.2, 0.25) is 0 Å². The number of carbonyl (C=O) groups excluding carboxylic acids is 1. The van der Waals surface area contributed by atoms with E-state index in [0.29, 0.717) is 30.3 Å². The monoisotopic (exact) mass is 264 g/mol. The molecule has 0 spiro atoms. The van der Waals surface area contributed by atoms with Gasteiger partial charge in [0.2, 0.25) is 0 Å². The minimum absolute atomic E-state index is 0.00431. The minimum Gasteiger partial charge on any atom is -0.399 e. The van der Waals surface area contributed by atoms with Crippen molar-refractivity contribution < 1.29 is 14.3 Å². The summed E-state index contributed by atoms with van der Waals surface area (Å²) in [5.41, 5.74) is 5.64. The van der Waals surface area contributed by atoms with Crippen molar-refractivity contribution in [2.45, 2.75) is 25.4 Å². The predicted molar refractivity (Wildman–Crippen MR) is 69.1 cm³/mol. The van der Waals surface area contributed by atoms with Crippen LogP contribution >= 0.6 is 0 Å². The third kappa shape index (κ3) is 1.98. The van der Waals surface area contributed by atoms with Crippen LogP contribution in [0, 0.1) is 18.7 Å². The molecule has 0 radical (unpaired) electrons. The largest absolute Gasteiger partial charge is 0.399 e. The standard InChI is InChI=1S/C14H17FN2O2/c1-8-4-10(16)5-11(12(8)15)13(18)17-6-14(19,7-17)9-2-3-9/h4-5,9,19H,2-3,6-7,16H2,1H3. The van der Waals surface area contributed by atoms with Crippen LogP contribution in [0.1, 0.15) is 28.8 Å². The highest BCUT2D eigenvalue weighted by Gasteiger charge is 2.53. The molecule has 1 heterocycles. The summed E-state index contributed by atoms with van der Waals surface area (Å²) < 4.78 is 14.0. The maximum absolute atomic E-state index is 14.0. The highest BCUT2D eigenvalue weighted by atomic mass is 19.1. The number of nitrogens with two attached hydrogens (primary N) is 1. The SMILES string of the molecule is Cc1cc(N)cc(C(=O)N2CC(O)(C3CC3)C2)c1F. The van der Waals surface area contributed by atoms with Gasteiger partial charge in [0.05, 0.1) is 18.7 Å². The van der Waals surface area contributed by atoms with Gasteiger partial charge in [0.15, 0.2) is 0 Å². The van der Waals surface area contributed by atoms with Crippen LogP contribution in [0.4, 0.5) is 10.1 Å². The Labute approximate surface area is 111 Å². The molecule has 19 heavy (non-hydrogen) atoms. The van der Waals surface area contributed by atoms with Crippen LogP contribution in [0.15, 0.2) is 12.1 Å². The molecule has 2 fully saturated rings. The minimum atomic E-state index is -0.749. The number of aryl methyl sites for hydroxylation is 1. The quantitative estimate of drug-likeness (QED) is 0.792. The Balaban J connectivity index is 1.78. The number of benzene rings is 1. The molecule has 0 bridgehead atoms. The number of nitrogens with zero attached hydrogens (tertiary/aromatic N) is 1. The van der Waals surface area contributed by atoms with Gasteiger partial charge >= 0.3 is 0 Å². The summed E-state index contributed by atoms with van der Waals surface area (Å²) >= 11 is 0. The Hall–Kier alpha value is -1.62. The van der Waals surface area contributed by atoms with E-state index < -0.39 is 17.3 Å². The van der Waals surface area contributed by atoms with E-state index in [1.807, 2.05) is 0 Å². The van der Waals surface area contributed by atoms with E-state index in [4.69, 9.17) is 5.73 Å². The van der Waals surface area contributed by atoms with E-state index >= 15 is 0 Å². The molecule has 1 aromatic carbocycles. The summed E-state index contributed by atoms with van der Waals surface area (Å²) in [4.78, 5) is 13.7. The van der Waals surface area contributed by atoms with E-state index in [-0.39, 0.29) is 5.56 Å². The van der Waals surface area contributed by atoms with Crippen molar-refractivity contribution in [3.8, 4) is 0 Å². The molecule has 1 aromatic rings. The fourth-order valence-corrected chi connectivity index (χ4v) is 2.76. The topological polar surface area (TPSA) is 66.6 Å². The molecule has 1 aliphatic heterocycles. The molecule has 3 rings (SSSR count). The van der Waals surface area contributed by atoms with Crippen molar-refractivity contribution in [3.05, 3.63) is 29.1 Å². The number of hydrogen-bond acceptors (Lipinski definition) is 3. The molecule has 102 valence electrons. The van der Waals surface area contributed by atoms with Gasteiger partial charge < -0.3 is 15.7 Å². The Morgan fingerprint density at radius 1 is 1.47 bits per heavy atom. The van der Waals surface area contributed by atoms with Gasteiger partial charge in [-0.05, 0) is 43.4 Å². The lowest BCUT2D eigenvalue weighted by molar-refractivity contribution is -0.0959. The summed E-state index contributed by atoms with van der Waals surface area (Å²) in [5.74, 6) is -0.608. The van der Waals surface area contributed by atoms with Crippen molar-refractivity contribution >= 4 is 11.6 Å². The fourth-order valence-electron chi connectivity index (χ4n) is 2.76. The number of β-amino-alcohol motifs (C(OH)–C–C–N with tert-alkyl or cyclic N) is 1. The van der Waals surface area contributed by atoms with Crippen molar-refractivity contribution in [2.24, 2.45) is 5.92 Å². The zero-order valence-electron chi connectivity index (χ0n) is 10.8.